The van der Waals surface area contributed by atoms with Gasteiger partial charge in [0.05, 0.1) is 0 Å². The van der Waals surface area contributed by atoms with Crippen molar-refractivity contribution in [2.24, 2.45) is 0 Å². The summed E-state index contributed by atoms with van der Waals surface area (Å²) in [5.41, 5.74) is 17.2. The Hall–Kier alpha value is -7.00. The largest absolute Gasteiger partial charge is 0.310 e. The van der Waals surface area contributed by atoms with E-state index < -0.39 is 0 Å². The van der Waals surface area contributed by atoms with Crippen LogP contribution in [0.25, 0.3) is 64.7 Å². The van der Waals surface area contributed by atoms with Gasteiger partial charge >= 0.3 is 0 Å². The topological polar surface area (TPSA) is 3.24 Å². The molecule has 58 heavy (non-hydrogen) atoms. The van der Waals surface area contributed by atoms with Gasteiger partial charge in [0.25, 0.3) is 0 Å². The molecule has 0 saturated carbocycles. The van der Waals surface area contributed by atoms with Gasteiger partial charge in [0.2, 0.25) is 0 Å². The second kappa shape index (κ2) is 13.9. The van der Waals surface area contributed by atoms with Crippen molar-refractivity contribution in [2.75, 3.05) is 4.90 Å². The molecule has 0 amide bonds. The molecule has 11 rings (SSSR count). The Bertz CT molecular complexity index is 3060. The Morgan fingerprint density at radius 3 is 1.45 bits per heavy atom. The molecule has 0 unspecified atom stereocenters. The minimum absolute atomic E-state index is 0.236. The molecule has 1 aliphatic carbocycles. The Morgan fingerprint density at radius 2 is 0.810 bits per heavy atom. The minimum Gasteiger partial charge on any atom is -0.310 e. The van der Waals surface area contributed by atoms with Gasteiger partial charge in [-0.1, -0.05) is 176 Å². The van der Waals surface area contributed by atoms with Crippen molar-refractivity contribution in [3.05, 3.63) is 235 Å². The average Bonchev–Trinajstić information content (AvgIpc) is 3.80. The molecule has 1 heterocycles. The predicted molar refractivity (Wildman–Crippen MR) is 248 cm³/mol. The van der Waals surface area contributed by atoms with Gasteiger partial charge in [-0.15, -0.1) is 11.3 Å². The molecule has 1 aromatic heterocycles. The fourth-order valence-corrected chi connectivity index (χ4v) is 10.6. The highest BCUT2D eigenvalue weighted by molar-refractivity contribution is 7.26. The lowest BCUT2D eigenvalue weighted by atomic mass is 9.74. The lowest BCUT2D eigenvalue weighted by molar-refractivity contribution is 0.722. The van der Waals surface area contributed by atoms with E-state index >= 15 is 0 Å². The Labute approximate surface area is 343 Å². The zero-order chi connectivity index (χ0) is 38.6. The zero-order valence-corrected chi connectivity index (χ0v) is 33.0. The van der Waals surface area contributed by atoms with E-state index in [0.717, 1.165) is 17.1 Å². The first-order valence-corrected chi connectivity index (χ1v) is 20.8. The van der Waals surface area contributed by atoms with Gasteiger partial charge in [0.15, 0.2) is 0 Å². The maximum Gasteiger partial charge on any atom is 0.0467 e. The number of fused-ring (bicyclic) bond motifs is 6. The molecular weight excluding hydrogens is 719 g/mol. The van der Waals surface area contributed by atoms with Crippen LogP contribution in [-0.4, -0.2) is 0 Å². The number of hydrogen-bond acceptors (Lipinski definition) is 2. The first-order valence-electron chi connectivity index (χ1n) is 20.0. The van der Waals surface area contributed by atoms with E-state index in [2.05, 4.69) is 230 Å². The number of anilines is 3. The predicted octanol–water partition coefficient (Wildman–Crippen LogP) is 15.9. The number of thiophene rings is 1. The Morgan fingerprint density at radius 1 is 0.345 bits per heavy atom. The van der Waals surface area contributed by atoms with Crippen molar-refractivity contribution in [2.45, 2.75) is 12.3 Å². The maximum atomic E-state index is 2.42. The third-order valence-corrected chi connectivity index (χ3v) is 13.4. The Balaban J connectivity index is 0.978. The van der Waals surface area contributed by atoms with Crippen LogP contribution in [-0.2, 0) is 5.41 Å². The highest BCUT2D eigenvalue weighted by Gasteiger charge is 2.41. The van der Waals surface area contributed by atoms with Crippen LogP contribution in [0.5, 0.6) is 0 Å². The number of nitrogens with zero attached hydrogens (tertiary/aromatic N) is 1. The van der Waals surface area contributed by atoms with E-state index in [9.17, 15) is 0 Å². The first kappa shape index (κ1) is 34.3. The first-order chi connectivity index (χ1) is 28.6. The third-order valence-electron chi connectivity index (χ3n) is 12.2. The number of hydrogen-bond donors (Lipinski definition) is 0. The highest BCUT2D eigenvalue weighted by atomic mass is 32.1. The van der Waals surface area contributed by atoms with E-state index in [0.29, 0.717) is 0 Å². The van der Waals surface area contributed by atoms with Crippen LogP contribution in [0.2, 0.25) is 0 Å². The van der Waals surface area contributed by atoms with Gasteiger partial charge in [0.1, 0.15) is 0 Å². The molecule has 0 bridgehead atoms. The second-order valence-electron chi connectivity index (χ2n) is 15.4. The van der Waals surface area contributed by atoms with Crippen LogP contribution < -0.4 is 4.90 Å². The normalized spacial score (nSPS) is 12.7. The smallest absolute Gasteiger partial charge is 0.0467 e. The molecule has 1 aliphatic rings. The molecule has 0 spiro atoms. The summed E-state index contributed by atoms with van der Waals surface area (Å²) in [5, 5.41) is 2.64. The molecule has 274 valence electrons. The molecule has 10 aromatic rings. The SMILES string of the molecule is CC1(c2cccc3c2sc2cc(-c4ccc(N(c5ccc(-c6ccccc6)cc5)c5cccc(-c6ccccc6)c5)cc4)ccc23)c2ccccc2-c2ccccc21. The van der Waals surface area contributed by atoms with Gasteiger partial charge in [0, 0.05) is 42.6 Å². The standard InChI is InChI=1S/C56H39NS/c1-56(51-23-10-8-20-47(51)48-21-9-11-24-52(48)56)53-25-13-22-50-49-35-30-43(37-54(49)58-55(50)53)41-28-33-45(34-29-41)57(44-31-26-40(27-32-44)38-14-4-2-5-15-38)46-19-12-18-42(36-46)39-16-6-3-7-17-39/h2-37H,1H3. The van der Waals surface area contributed by atoms with E-state index in [1.807, 2.05) is 11.3 Å². The molecular formula is C56H39NS. The summed E-state index contributed by atoms with van der Waals surface area (Å²) in [5.74, 6) is 0. The third kappa shape index (κ3) is 5.60. The lowest BCUT2D eigenvalue weighted by Gasteiger charge is -2.28. The van der Waals surface area contributed by atoms with Crippen LogP contribution in [0, 0.1) is 0 Å². The average molecular weight is 758 g/mol. The highest BCUT2D eigenvalue weighted by Crippen LogP contribution is 2.55. The van der Waals surface area contributed by atoms with Crippen LogP contribution in [0.1, 0.15) is 23.6 Å². The fourth-order valence-electron chi connectivity index (χ4n) is 9.25. The van der Waals surface area contributed by atoms with Crippen molar-refractivity contribution in [3.63, 3.8) is 0 Å². The van der Waals surface area contributed by atoms with Crippen LogP contribution >= 0.6 is 11.3 Å². The van der Waals surface area contributed by atoms with Crippen LogP contribution in [0.15, 0.2) is 218 Å². The molecule has 0 radical (unpaired) electrons. The maximum absolute atomic E-state index is 2.42. The van der Waals surface area contributed by atoms with E-state index in [4.69, 9.17) is 0 Å². The summed E-state index contributed by atoms with van der Waals surface area (Å²) >= 11 is 1.93. The van der Waals surface area contributed by atoms with Gasteiger partial charge in [-0.3, -0.25) is 0 Å². The van der Waals surface area contributed by atoms with Gasteiger partial charge < -0.3 is 4.90 Å². The summed E-state index contributed by atoms with van der Waals surface area (Å²) in [7, 11) is 0. The van der Waals surface area contributed by atoms with Crippen molar-refractivity contribution < 1.29 is 0 Å². The van der Waals surface area contributed by atoms with Crippen LogP contribution in [0.4, 0.5) is 17.1 Å². The van der Waals surface area contributed by atoms with E-state index in [1.54, 1.807) is 0 Å². The van der Waals surface area contributed by atoms with Gasteiger partial charge in [-0.05, 0) is 111 Å². The molecule has 0 saturated heterocycles. The molecule has 0 aliphatic heterocycles. The van der Waals surface area contributed by atoms with Gasteiger partial charge in [-0.2, -0.15) is 0 Å². The summed E-state index contributed by atoms with van der Waals surface area (Å²) in [6.07, 6.45) is 0. The minimum atomic E-state index is -0.236. The zero-order valence-electron chi connectivity index (χ0n) is 32.1. The summed E-state index contributed by atoms with van der Waals surface area (Å²) in [6.45, 7) is 2.42. The summed E-state index contributed by atoms with van der Waals surface area (Å²) in [4.78, 5) is 2.36. The van der Waals surface area contributed by atoms with Crippen molar-refractivity contribution in [1.29, 1.82) is 0 Å². The van der Waals surface area contributed by atoms with Crippen molar-refractivity contribution in [3.8, 4) is 44.5 Å². The molecule has 0 N–H and O–H groups in total. The second-order valence-corrected chi connectivity index (χ2v) is 16.5. The van der Waals surface area contributed by atoms with Gasteiger partial charge in [-0.25, -0.2) is 0 Å². The summed E-state index contributed by atoms with van der Waals surface area (Å²) < 4.78 is 2.68. The quantitative estimate of drug-likeness (QED) is 0.156. The van der Waals surface area contributed by atoms with E-state index in [-0.39, 0.29) is 5.41 Å². The van der Waals surface area contributed by atoms with Crippen molar-refractivity contribution in [1.82, 2.24) is 0 Å². The van der Waals surface area contributed by atoms with E-state index in [1.165, 1.54) is 81.4 Å². The number of benzene rings is 9. The molecule has 0 atom stereocenters. The van der Waals surface area contributed by atoms with Crippen LogP contribution in [0.3, 0.4) is 0 Å². The summed E-state index contributed by atoms with van der Waals surface area (Å²) in [6, 6.07) is 79.9. The lowest BCUT2D eigenvalue weighted by Crippen LogP contribution is -2.22. The Kier molecular flexibility index (Phi) is 8.20. The number of rotatable bonds is 7. The molecule has 0 fully saturated rings. The monoisotopic (exact) mass is 757 g/mol. The molecule has 1 nitrogen and oxygen atoms in total. The molecule has 2 heteroatoms. The van der Waals surface area contributed by atoms with Crippen molar-refractivity contribution >= 4 is 48.6 Å². The molecule has 9 aromatic carbocycles. The fraction of sp³-hybridized carbons (Fsp3) is 0.0357.